The van der Waals surface area contributed by atoms with Crippen LogP contribution in [0.5, 0.6) is 0 Å². The normalized spacial score (nSPS) is 10.8. The molecule has 2 N–H and O–H groups in total. The van der Waals surface area contributed by atoms with Gasteiger partial charge in [0.1, 0.15) is 22.4 Å². The molecule has 5 nitrogen and oxygen atoms in total. The molecule has 1 rings (SSSR count). The first kappa shape index (κ1) is 15.2. The van der Waals surface area contributed by atoms with Gasteiger partial charge in [-0.15, -0.1) is 0 Å². The third-order valence-corrected chi connectivity index (χ3v) is 3.30. The molecule has 0 saturated heterocycles. The molecule has 0 saturated carbocycles. The second kappa shape index (κ2) is 7.53. The van der Waals surface area contributed by atoms with Crippen molar-refractivity contribution in [1.29, 1.82) is 0 Å². The first-order chi connectivity index (χ1) is 8.61. The maximum Gasteiger partial charge on any atom is 0.148 e. The molecule has 0 atom stereocenters. The van der Waals surface area contributed by atoms with Crippen molar-refractivity contribution in [3.05, 3.63) is 10.8 Å². The number of nitrogens with zero attached hydrogens (tertiary/aromatic N) is 3. The SMILES string of the molecule is CCNc1ncnc(N(CCCO)C(C)C)c1Br. The predicted octanol–water partition coefficient (Wildman–Crippen LogP) is 2.27. The summed E-state index contributed by atoms with van der Waals surface area (Å²) in [5, 5.41) is 12.2. The van der Waals surface area contributed by atoms with Crippen LogP contribution in [0.15, 0.2) is 10.8 Å². The second-order valence-electron chi connectivity index (χ2n) is 4.25. The molecule has 1 heterocycles. The van der Waals surface area contributed by atoms with E-state index in [1.54, 1.807) is 6.33 Å². The summed E-state index contributed by atoms with van der Waals surface area (Å²) in [4.78, 5) is 10.7. The van der Waals surface area contributed by atoms with E-state index >= 15 is 0 Å². The molecule has 0 spiro atoms. The Morgan fingerprint density at radius 1 is 1.44 bits per heavy atom. The molecular formula is C12H21BrN4O. The molecule has 0 radical (unpaired) electrons. The van der Waals surface area contributed by atoms with Gasteiger partial charge in [-0.05, 0) is 43.1 Å². The van der Waals surface area contributed by atoms with Crippen molar-refractivity contribution in [3.8, 4) is 0 Å². The summed E-state index contributed by atoms with van der Waals surface area (Å²) in [6, 6.07) is 0.317. The second-order valence-corrected chi connectivity index (χ2v) is 5.05. The molecule has 0 amide bonds. The van der Waals surface area contributed by atoms with Gasteiger partial charge >= 0.3 is 0 Å². The van der Waals surface area contributed by atoms with Gasteiger partial charge in [-0.25, -0.2) is 9.97 Å². The number of anilines is 2. The predicted molar refractivity (Wildman–Crippen MR) is 78.1 cm³/mol. The first-order valence-electron chi connectivity index (χ1n) is 6.23. The minimum atomic E-state index is 0.186. The largest absolute Gasteiger partial charge is 0.396 e. The van der Waals surface area contributed by atoms with Crippen LogP contribution in [0, 0.1) is 0 Å². The van der Waals surface area contributed by atoms with Gasteiger partial charge in [0.25, 0.3) is 0 Å². The van der Waals surface area contributed by atoms with Crippen LogP contribution >= 0.6 is 15.9 Å². The summed E-state index contributed by atoms with van der Waals surface area (Å²) < 4.78 is 0.874. The lowest BCUT2D eigenvalue weighted by molar-refractivity contribution is 0.288. The number of aliphatic hydroxyl groups is 1. The minimum Gasteiger partial charge on any atom is -0.396 e. The average Bonchev–Trinajstić information content (AvgIpc) is 2.34. The molecule has 102 valence electrons. The Morgan fingerprint density at radius 2 is 2.17 bits per heavy atom. The molecule has 0 fully saturated rings. The zero-order valence-electron chi connectivity index (χ0n) is 11.1. The van der Waals surface area contributed by atoms with Crippen LogP contribution in [0.2, 0.25) is 0 Å². The third-order valence-electron chi connectivity index (χ3n) is 2.57. The fraction of sp³-hybridized carbons (Fsp3) is 0.667. The smallest absolute Gasteiger partial charge is 0.148 e. The van der Waals surface area contributed by atoms with Gasteiger partial charge in [0.15, 0.2) is 0 Å². The van der Waals surface area contributed by atoms with Crippen molar-refractivity contribution in [1.82, 2.24) is 9.97 Å². The van der Waals surface area contributed by atoms with Crippen LogP contribution < -0.4 is 10.2 Å². The Bertz CT molecular complexity index is 373. The monoisotopic (exact) mass is 316 g/mol. The zero-order chi connectivity index (χ0) is 13.5. The van der Waals surface area contributed by atoms with Crippen LogP contribution in [-0.2, 0) is 0 Å². The molecule has 0 aromatic carbocycles. The number of aliphatic hydroxyl groups excluding tert-OH is 1. The van der Waals surface area contributed by atoms with Gasteiger partial charge in [0.05, 0.1) is 0 Å². The van der Waals surface area contributed by atoms with Crippen LogP contribution in [0.1, 0.15) is 27.2 Å². The highest BCUT2D eigenvalue weighted by Crippen LogP contribution is 2.30. The topological polar surface area (TPSA) is 61.3 Å². The molecule has 1 aromatic heterocycles. The lowest BCUT2D eigenvalue weighted by Crippen LogP contribution is -2.33. The summed E-state index contributed by atoms with van der Waals surface area (Å²) in [5.41, 5.74) is 0. The van der Waals surface area contributed by atoms with Gasteiger partial charge in [0, 0.05) is 25.7 Å². The fourth-order valence-corrected chi connectivity index (χ4v) is 2.27. The van der Waals surface area contributed by atoms with E-state index in [4.69, 9.17) is 5.11 Å². The van der Waals surface area contributed by atoms with Crippen molar-refractivity contribution >= 4 is 27.6 Å². The summed E-state index contributed by atoms with van der Waals surface area (Å²) >= 11 is 3.55. The van der Waals surface area contributed by atoms with E-state index in [1.165, 1.54) is 0 Å². The van der Waals surface area contributed by atoms with E-state index in [0.29, 0.717) is 6.04 Å². The highest BCUT2D eigenvalue weighted by molar-refractivity contribution is 9.10. The molecule has 0 unspecified atom stereocenters. The summed E-state index contributed by atoms with van der Waals surface area (Å²) in [6.07, 6.45) is 2.29. The van der Waals surface area contributed by atoms with Gasteiger partial charge in [-0.1, -0.05) is 0 Å². The molecule has 0 bridgehead atoms. The molecule has 0 aliphatic heterocycles. The Balaban J connectivity index is 3.00. The van der Waals surface area contributed by atoms with Crippen LogP contribution in [0.25, 0.3) is 0 Å². The third kappa shape index (κ3) is 3.81. The van der Waals surface area contributed by atoms with E-state index in [2.05, 4.69) is 50.0 Å². The van der Waals surface area contributed by atoms with E-state index in [0.717, 1.165) is 35.6 Å². The van der Waals surface area contributed by atoms with Gasteiger partial charge in [-0.2, -0.15) is 0 Å². The zero-order valence-corrected chi connectivity index (χ0v) is 12.7. The minimum absolute atomic E-state index is 0.186. The highest BCUT2D eigenvalue weighted by Gasteiger charge is 2.17. The van der Waals surface area contributed by atoms with Crippen molar-refractivity contribution in [3.63, 3.8) is 0 Å². The van der Waals surface area contributed by atoms with Crippen LogP contribution in [0.3, 0.4) is 0 Å². The van der Waals surface area contributed by atoms with Crippen molar-refractivity contribution < 1.29 is 5.11 Å². The van der Waals surface area contributed by atoms with E-state index in [1.807, 2.05) is 6.92 Å². The van der Waals surface area contributed by atoms with Crippen molar-refractivity contribution in [2.75, 3.05) is 29.9 Å². The lowest BCUT2D eigenvalue weighted by atomic mass is 10.3. The number of nitrogens with one attached hydrogen (secondary N) is 1. The Labute approximate surface area is 117 Å². The molecule has 1 aromatic rings. The van der Waals surface area contributed by atoms with E-state index in [-0.39, 0.29) is 6.61 Å². The molecular weight excluding hydrogens is 296 g/mol. The quantitative estimate of drug-likeness (QED) is 0.808. The average molecular weight is 317 g/mol. The van der Waals surface area contributed by atoms with Crippen LogP contribution in [0.4, 0.5) is 11.6 Å². The maximum absolute atomic E-state index is 8.97. The van der Waals surface area contributed by atoms with Gasteiger partial charge < -0.3 is 15.3 Å². The Kier molecular flexibility index (Phi) is 6.35. The Morgan fingerprint density at radius 3 is 2.72 bits per heavy atom. The number of hydrogen-bond donors (Lipinski definition) is 2. The van der Waals surface area contributed by atoms with Gasteiger partial charge in [-0.3, -0.25) is 0 Å². The fourth-order valence-electron chi connectivity index (χ4n) is 1.70. The molecule has 6 heteroatoms. The number of halogens is 1. The summed E-state index contributed by atoms with van der Waals surface area (Å²) in [7, 11) is 0. The van der Waals surface area contributed by atoms with Crippen molar-refractivity contribution in [2.45, 2.75) is 33.2 Å². The van der Waals surface area contributed by atoms with Crippen molar-refractivity contribution in [2.24, 2.45) is 0 Å². The van der Waals surface area contributed by atoms with Gasteiger partial charge in [0.2, 0.25) is 0 Å². The molecule has 18 heavy (non-hydrogen) atoms. The number of aromatic nitrogens is 2. The Hall–Kier alpha value is -0.880. The standard InChI is InChI=1S/C12H21BrN4O/c1-4-14-11-10(13)12(16-8-15-11)17(9(2)3)6-5-7-18/h8-9,18H,4-7H2,1-3H3,(H,14,15,16). The molecule has 0 aliphatic carbocycles. The maximum atomic E-state index is 8.97. The molecule has 0 aliphatic rings. The lowest BCUT2D eigenvalue weighted by Gasteiger charge is -2.28. The number of hydrogen-bond acceptors (Lipinski definition) is 5. The summed E-state index contributed by atoms with van der Waals surface area (Å²) in [5.74, 6) is 1.67. The number of rotatable bonds is 7. The van der Waals surface area contributed by atoms with E-state index in [9.17, 15) is 0 Å². The van der Waals surface area contributed by atoms with E-state index < -0.39 is 0 Å². The van der Waals surface area contributed by atoms with Crippen LogP contribution in [-0.4, -0.2) is 40.8 Å². The highest BCUT2D eigenvalue weighted by atomic mass is 79.9. The first-order valence-corrected chi connectivity index (χ1v) is 7.03. The summed E-state index contributed by atoms with van der Waals surface area (Å²) in [6.45, 7) is 8.02.